The summed E-state index contributed by atoms with van der Waals surface area (Å²) in [5.41, 5.74) is 5.13. The second-order valence-corrected chi connectivity index (χ2v) is 10.0. The number of nitrogens with one attached hydrogen (secondary N) is 1. The van der Waals surface area contributed by atoms with Crippen LogP contribution in [0.3, 0.4) is 0 Å². The first-order valence-corrected chi connectivity index (χ1v) is 13.7. The number of aliphatic carboxylic acids is 1. The fourth-order valence-electron chi connectivity index (χ4n) is 4.86. The van der Waals surface area contributed by atoms with Crippen LogP contribution in [0.2, 0.25) is 0 Å². The summed E-state index contributed by atoms with van der Waals surface area (Å²) in [5.74, 6) is -0.972. The van der Waals surface area contributed by atoms with Crippen LogP contribution in [-0.4, -0.2) is 46.8 Å². The van der Waals surface area contributed by atoms with Crippen LogP contribution < -0.4 is 14.8 Å². The number of benzene rings is 4. The van der Waals surface area contributed by atoms with Crippen LogP contribution in [0.5, 0.6) is 11.5 Å². The molecule has 226 valence electrons. The smallest absolute Gasteiger partial charge is 0.497 e. The summed E-state index contributed by atoms with van der Waals surface area (Å²) in [6.45, 7) is 1.98. The van der Waals surface area contributed by atoms with Gasteiger partial charge in [0.2, 0.25) is 0 Å². The van der Waals surface area contributed by atoms with Crippen molar-refractivity contribution in [2.24, 2.45) is 0 Å². The predicted octanol–water partition coefficient (Wildman–Crippen LogP) is 7.09. The molecule has 0 aliphatic carbocycles. The van der Waals surface area contributed by atoms with Gasteiger partial charge in [-0.2, -0.15) is 5.10 Å². The highest BCUT2D eigenvalue weighted by Gasteiger charge is 2.31. The summed E-state index contributed by atoms with van der Waals surface area (Å²) in [5, 5.41) is 17.1. The van der Waals surface area contributed by atoms with Gasteiger partial charge in [-0.1, -0.05) is 30.3 Å². The minimum atomic E-state index is -4.79. The molecule has 4 aromatic carbocycles. The Labute approximate surface area is 250 Å². The number of hydrogen-bond acceptors (Lipinski definition) is 5. The molecule has 44 heavy (non-hydrogen) atoms. The summed E-state index contributed by atoms with van der Waals surface area (Å²) in [7, 11) is 1.60. The third-order valence-electron chi connectivity index (χ3n) is 7.14. The number of carboxylic acid groups (broad SMARTS) is 1. The van der Waals surface area contributed by atoms with Gasteiger partial charge in [-0.25, -0.2) is 0 Å². The Kier molecular flexibility index (Phi) is 8.57. The molecule has 1 amide bonds. The molecule has 11 heteroatoms. The van der Waals surface area contributed by atoms with Gasteiger partial charge in [-0.05, 0) is 84.3 Å². The van der Waals surface area contributed by atoms with E-state index in [-0.39, 0.29) is 30.7 Å². The van der Waals surface area contributed by atoms with Gasteiger partial charge in [0, 0.05) is 23.1 Å². The molecular formula is C33H28F3N3O5. The molecule has 1 aromatic heterocycles. The normalized spacial score (nSPS) is 12.1. The Morgan fingerprint density at radius 3 is 2.11 bits per heavy atom. The number of nitrogens with zero attached hydrogens (tertiary/aromatic N) is 2. The van der Waals surface area contributed by atoms with E-state index in [1.807, 2.05) is 54.1 Å². The molecule has 0 saturated carbocycles. The number of alkyl halides is 3. The van der Waals surface area contributed by atoms with Crippen molar-refractivity contribution in [3.05, 3.63) is 102 Å². The zero-order valence-electron chi connectivity index (χ0n) is 23.8. The Hall–Kier alpha value is -5.32. The maximum absolute atomic E-state index is 12.7. The largest absolute Gasteiger partial charge is 0.573 e. The van der Waals surface area contributed by atoms with E-state index in [1.165, 1.54) is 24.3 Å². The van der Waals surface area contributed by atoms with Crippen molar-refractivity contribution in [3.8, 4) is 33.9 Å². The molecule has 5 aromatic rings. The van der Waals surface area contributed by atoms with Crippen molar-refractivity contribution in [3.63, 3.8) is 0 Å². The number of carbonyl (C=O) groups excluding carboxylic acids is 1. The lowest BCUT2D eigenvalue weighted by molar-refractivity contribution is -0.274. The molecular weight excluding hydrogens is 575 g/mol. The number of ether oxygens (including phenoxy) is 2. The Morgan fingerprint density at radius 2 is 1.50 bits per heavy atom. The summed E-state index contributed by atoms with van der Waals surface area (Å²) in [6, 6.07) is 25.8. The first-order chi connectivity index (χ1) is 21.0. The average Bonchev–Trinajstić information content (AvgIpc) is 3.39. The molecule has 0 aliphatic rings. The van der Waals surface area contributed by atoms with Crippen molar-refractivity contribution in [1.82, 2.24) is 15.1 Å². The summed E-state index contributed by atoms with van der Waals surface area (Å²) < 4.78 is 49.3. The Balaban J connectivity index is 1.52. The minimum Gasteiger partial charge on any atom is -0.497 e. The molecule has 0 saturated heterocycles. The van der Waals surface area contributed by atoms with E-state index in [4.69, 9.17) is 14.9 Å². The van der Waals surface area contributed by atoms with E-state index in [0.717, 1.165) is 33.3 Å². The minimum absolute atomic E-state index is 0.0220. The monoisotopic (exact) mass is 603 g/mol. The van der Waals surface area contributed by atoms with Crippen LogP contribution in [0.15, 0.2) is 91.0 Å². The van der Waals surface area contributed by atoms with Crippen LogP contribution >= 0.6 is 0 Å². The SMILES string of the molecule is COc1ccc(-c2ccc3c(-c4ccc(OC(F)(F)F)cc4)nn([C@@H](C)c4ccc(C(=O)NCCC(=O)O)cc4)c3c2)cc1. The number of aromatic nitrogens is 2. The third kappa shape index (κ3) is 6.83. The third-order valence-corrected chi connectivity index (χ3v) is 7.14. The van der Waals surface area contributed by atoms with Gasteiger partial charge in [0.15, 0.2) is 0 Å². The second kappa shape index (κ2) is 12.5. The molecule has 0 unspecified atom stereocenters. The first kappa shape index (κ1) is 30.1. The molecule has 1 heterocycles. The molecule has 0 fully saturated rings. The first-order valence-electron chi connectivity index (χ1n) is 13.7. The fraction of sp³-hybridized carbons (Fsp3) is 0.182. The lowest BCUT2D eigenvalue weighted by Crippen LogP contribution is -2.26. The van der Waals surface area contributed by atoms with E-state index in [1.54, 1.807) is 31.4 Å². The van der Waals surface area contributed by atoms with Gasteiger partial charge in [-0.15, -0.1) is 13.2 Å². The van der Waals surface area contributed by atoms with Crippen LogP contribution in [0, 0.1) is 0 Å². The Bertz CT molecular complexity index is 1780. The maximum atomic E-state index is 12.7. The average molecular weight is 604 g/mol. The summed E-state index contributed by atoms with van der Waals surface area (Å²) >= 11 is 0. The zero-order chi connectivity index (χ0) is 31.4. The molecule has 8 nitrogen and oxygen atoms in total. The number of amides is 1. The summed E-state index contributed by atoms with van der Waals surface area (Å²) in [4.78, 5) is 23.2. The van der Waals surface area contributed by atoms with Crippen molar-refractivity contribution in [1.29, 1.82) is 0 Å². The molecule has 0 spiro atoms. The molecule has 5 rings (SSSR count). The highest BCUT2D eigenvalue weighted by Crippen LogP contribution is 2.36. The fourth-order valence-corrected chi connectivity index (χ4v) is 4.86. The molecule has 0 bridgehead atoms. The van der Waals surface area contributed by atoms with Crippen molar-refractivity contribution in [2.45, 2.75) is 25.7 Å². The molecule has 0 aliphatic heterocycles. The van der Waals surface area contributed by atoms with Gasteiger partial charge in [0.1, 0.15) is 17.2 Å². The van der Waals surface area contributed by atoms with E-state index >= 15 is 0 Å². The Morgan fingerprint density at radius 1 is 0.886 bits per heavy atom. The van der Waals surface area contributed by atoms with Crippen LogP contribution in [-0.2, 0) is 4.79 Å². The van der Waals surface area contributed by atoms with Crippen LogP contribution in [0.4, 0.5) is 13.2 Å². The van der Waals surface area contributed by atoms with Gasteiger partial charge >= 0.3 is 12.3 Å². The number of carboxylic acids is 1. The lowest BCUT2D eigenvalue weighted by Gasteiger charge is -2.15. The van der Waals surface area contributed by atoms with E-state index in [9.17, 15) is 22.8 Å². The molecule has 2 N–H and O–H groups in total. The predicted molar refractivity (Wildman–Crippen MR) is 159 cm³/mol. The highest BCUT2D eigenvalue weighted by molar-refractivity contribution is 5.96. The van der Waals surface area contributed by atoms with Crippen LogP contribution in [0.25, 0.3) is 33.3 Å². The number of hydrogen-bond donors (Lipinski definition) is 2. The maximum Gasteiger partial charge on any atom is 0.573 e. The van der Waals surface area contributed by atoms with Gasteiger partial charge in [0.25, 0.3) is 5.91 Å². The van der Waals surface area contributed by atoms with Gasteiger partial charge in [0.05, 0.1) is 25.1 Å². The van der Waals surface area contributed by atoms with Gasteiger partial charge in [-0.3, -0.25) is 14.3 Å². The number of halogens is 3. The van der Waals surface area contributed by atoms with E-state index < -0.39 is 12.3 Å². The number of carbonyl (C=O) groups is 2. The topological polar surface area (TPSA) is 103 Å². The summed E-state index contributed by atoms with van der Waals surface area (Å²) in [6.07, 6.45) is -4.97. The van der Waals surface area contributed by atoms with Gasteiger partial charge < -0.3 is 19.9 Å². The van der Waals surface area contributed by atoms with E-state index in [0.29, 0.717) is 16.8 Å². The molecule has 1 atom stereocenters. The number of methoxy groups -OCH3 is 1. The molecule has 0 radical (unpaired) electrons. The van der Waals surface area contributed by atoms with E-state index in [2.05, 4.69) is 10.1 Å². The van der Waals surface area contributed by atoms with Crippen LogP contribution in [0.1, 0.15) is 35.3 Å². The lowest BCUT2D eigenvalue weighted by atomic mass is 10.0. The highest BCUT2D eigenvalue weighted by atomic mass is 19.4. The van der Waals surface area contributed by atoms with Crippen molar-refractivity contribution < 1.29 is 37.3 Å². The quantitative estimate of drug-likeness (QED) is 0.177. The zero-order valence-corrected chi connectivity index (χ0v) is 23.8. The standard InChI is InChI=1S/C33H28F3N3O5/c1-20(21-3-5-24(6-4-21)32(42)37-18-17-30(40)41)39-29-19-25(22-7-12-26(43-2)13-8-22)11-16-28(29)31(38-39)23-9-14-27(15-10-23)44-33(34,35)36/h3-16,19-20H,17-18H2,1-2H3,(H,37,42)(H,40,41)/t20-/m0/s1. The van der Waals surface area contributed by atoms with Crippen molar-refractivity contribution >= 4 is 22.8 Å². The van der Waals surface area contributed by atoms with Crippen molar-refractivity contribution in [2.75, 3.05) is 13.7 Å². The number of fused-ring (bicyclic) bond motifs is 1. The number of rotatable bonds is 10. The second-order valence-electron chi connectivity index (χ2n) is 10.0.